The van der Waals surface area contributed by atoms with Gasteiger partial charge in [0.05, 0.1) is 0 Å². The van der Waals surface area contributed by atoms with Crippen LogP contribution in [-0.4, -0.2) is 13.8 Å². The maximum absolute atomic E-state index is 10.0. The lowest BCUT2D eigenvalue weighted by Gasteiger charge is -1.77. The van der Waals surface area contributed by atoms with E-state index in [1.54, 1.807) is 16.6 Å². The van der Waals surface area contributed by atoms with Crippen LogP contribution in [0.15, 0.2) is 24.5 Å². The van der Waals surface area contributed by atoms with Gasteiger partial charge in [0.25, 0.3) is 0 Å². The van der Waals surface area contributed by atoms with Crippen molar-refractivity contribution in [1.29, 1.82) is 0 Å². The molecule has 0 aliphatic rings. The summed E-state index contributed by atoms with van der Waals surface area (Å²) in [6, 6.07) is 3.70. The topological polar surface area (TPSA) is 22.0 Å². The molecule has 1 rings (SSSR count). The Labute approximate surface area is 43.7 Å². The van der Waals surface area contributed by atoms with Crippen molar-refractivity contribution in [2.24, 2.45) is 0 Å². The molecule has 0 atom stereocenters. The molecule has 2 nitrogen and oxygen atoms in total. The van der Waals surface area contributed by atoms with Gasteiger partial charge >= 0.3 is 9.57 Å². The molecule has 0 unspecified atom stereocenters. The Balaban J connectivity index is 2.96. The second-order valence-corrected chi connectivity index (χ2v) is 2.04. The quantitative estimate of drug-likeness (QED) is 0.469. The lowest BCUT2D eigenvalue weighted by atomic mass is 10.7. The molecule has 0 bridgehead atoms. The minimum atomic E-state index is -0.789. The van der Waals surface area contributed by atoms with E-state index >= 15 is 0 Å². The summed E-state index contributed by atoms with van der Waals surface area (Å²) in [6.45, 7) is 0. The van der Waals surface area contributed by atoms with E-state index < -0.39 is 9.57 Å². The van der Waals surface area contributed by atoms with Gasteiger partial charge in [0.2, 0.25) is 0 Å². The van der Waals surface area contributed by atoms with Gasteiger partial charge < -0.3 is 8.69 Å². The largest absolute Gasteiger partial charge is 0.387 e. The Morgan fingerprint density at radius 3 is 2.14 bits per heavy atom. The van der Waals surface area contributed by atoms with Gasteiger partial charge in [-0.05, 0) is 12.1 Å². The van der Waals surface area contributed by atoms with E-state index in [0.29, 0.717) is 0 Å². The van der Waals surface area contributed by atoms with Gasteiger partial charge in [-0.1, -0.05) is 0 Å². The average Bonchev–Trinajstić information content (AvgIpc) is 2.14. The zero-order valence-electron chi connectivity index (χ0n) is 3.74. The molecule has 0 saturated heterocycles. The molecule has 7 heavy (non-hydrogen) atoms. The molecule has 0 radical (unpaired) electrons. The monoisotopic (exact) mass is 111 g/mol. The molecule has 0 amide bonds. The molecule has 0 aromatic carbocycles. The van der Waals surface area contributed by atoms with Crippen molar-refractivity contribution < 1.29 is 4.46 Å². The highest BCUT2D eigenvalue weighted by molar-refractivity contribution is 6.14. The van der Waals surface area contributed by atoms with Crippen molar-refractivity contribution in [3.63, 3.8) is 0 Å². The number of hydrogen-bond donors (Lipinski definition) is 0. The average molecular weight is 111 g/mol. The second-order valence-electron chi connectivity index (χ2n) is 1.24. The lowest BCUT2D eigenvalue weighted by molar-refractivity contribution is 0.570. The van der Waals surface area contributed by atoms with Crippen molar-refractivity contribution in [1.82, 2.24) is 4.23 Å². The molecule has 1 heterocycles. The predicted octanol–water partition coefficient (Wildman–Crippen LogP) is 0.0332. The fourth-order valence-electron chi connectivity index (χ4n) is 0.418. The highest BCUT2D eigenvalue weighted by Gasteiger charge is 1.77. The lowest BCUT2D eigenvalue weighted by Crippen LogP contribution is -1.88. The first kappa shape index (κ1) is 4.46. The number of hydrogen-bond acceptors (Lipinski definition) is 1. The van der Waals surface area contributed by atoms with Crippen LogP contribution in [0, 0.1) is 0 Å². The molecule has 0 fully saturated rings. The first-order valence-electron chi connectivity index (χ1n) is 2.01. The Morgan fingerprint density at radius 1 is 1.29 bits per heavy atom. The molecule has 1 aromatic rings. The molecule has 0 saturated carbocycles. The van der Waals surface area contributed by atoms with Crippen LogP contribution >= 0.6 is 0 Å². The molecule has 1 aromatic heterocycles. The Kier molecular flexibility index (Phi) is 1.17. The summed E-state index contributed by atoms with van der Waals surface area (Å²) in [7, 11) is -0.789. The van der Waals surface area contributed by atoms with Gasteiger partial charge in [-0.3, -0.25) is 0 Å². The van der Waals surface area contributed by atoms with E-state index in [9.17, 15) is 4.46 Å². The van der Waals surface area contributed by atoms with Gasteiger partial charge in [0.15, 0.2) is 0 Å². The predicted molar refractivity (Wildman–Crippen MR) is 27.7 cm³/mol. The summed E-state index contributed by atoms with van der Waals surface area (Å²) in [5.41, 5.74) is 0. The molecular weight excluding hydrogens is 106 g/mol. The Morgan fingerprint density at radius 2 is 1.86 bits per heavy atom. The fraction of sp³-hybridized carbons (Fsp3) is 0. The zero-order chi connectivity index (χ0) is 5.11. The maximum atomic E-state index is 10.0. The highest BCUT2D eigenvalue weighted by atomic mass is 28.2. The summed E-state index contributed by atoms with van der Waals surface area (Å²) < 4.78 is 11.7. The number of aromatic nitrogens is 1. The third kappa shape index (κ3) is 0.836. The third-order valence-electron chi connectivity index (χ3n) is 0.749. The van der Waals surface area contributed by atoms with E-state index in [4.69, 9.17) is 0 Å². The van der Waals surface area contributed by atoms with Crippen LogP contribution in [0.4, 0.5) is 0 Å². The van der Waals surface area contributed by atoms with Crippen LogP contribution < -0.4 is 0 Å². The summed E-state index contributed by atoms with van der Waals surface area (Å²) in [6.07, 6.45) is 3.56. The normalized spacial score (nSPS) is 8.57. The van der Waals surface area contributed by atoms with E-state index in [1.807, 2.05) is 12.1 Å². The van der Waals surface area contributed by atoms with Crippen LogP contribution in [0.1, 0.15) is 0 Å². The summed E-state index contributed by atoms with van der Waals surface area (Å²) in [5, 5.41) is 0. The standard InChI is InChI=1S/C4H5NOSi/c6-7-5-3-1-2-4-5/h1-4,7H. The van der Waals surface area contributed by atoms with Crippen molar-refractivity contribution in [2.45, 2.75) is 0 Å². The highest BCUT2D eigenvalue weighted by Crippen LogP contribution is 1.80. The number of rotatable bonds is 1. The van der Waals surface area contributed by atoms with Gasteiger partial charge in [-0.25, -0.2) is 0 Å². The van der Waals surface area contributed by atoms with Gasteiger partial charge in [0.1, 0.15) is 0 Å². The van der Waals surface area contributed by atoms with E-state index in [1.165, 1.54) is 0 Å². The zero-order valence-corrected chi connectivity index (χ0v) is 4.90. The molecule has 3 heteroatoms. The maximum Gasteiger partial charge on any atom is 0.387 e. The van der Waals surface area contributed by atoms with Crippen LogP contribution in [0.3, 0.4) is 0 Å². The smallest absolute Gasteiger partial charge is 0.363 e. The molecule has 0 N–H and O–H groups in total. The first-order valence-corrected chi connectivity index (χ1v) is 3.00. The molecule has 0 aliphatic heterocycles. The van der Waals surface area contributed by atoms with Crippen molar-refractivity contribution >= 4 is 9.57 Å². The van der Waals surface area contributed by atoms with Crippen molar-refractivity contribution in [3.05, 3.63) is 24.5 Å². The van der Waals surface area contributed by atoms with Gasteiger partial charge in [0, 0.05) is 12.4 Å². The van der Waals surface area contributed by atoms with E-state index in [-0.39, 0.29) is 0 Å². The minimum Gasteiger partial charge on any atom is -0.363 e. The summed E-state index contributed by atoms with van der Waals surface area (Å²) in [4.78, 5) is 0. The third-order valence-corrected chi connectivity index (χ3v) is 1.34. The summed E-state index contributed by atoms with van der Waals surface area (Å²) >= 11 is 0. The first-order chi connectivity index (χ1) is 3.43. The Hall–Kier alpha value is -0.703. The molecular formula is C4H5NOSi. The number of nitrogens with zero attached hydrogens (tertiary/aromatic N) is 1. The van der Waals surface area contributed by atoms with E-state index in [0.717, 1.165) is 0 Å². The SMILES string of the molecule is O=[SiH]n1cccc1. The van der Waals surface area contributed by atoms with Crippen LogP contribution in [-0.2, 0) is 4.46 Å². The minimum absolute atomic E-state index is 0.789. The van der Waals surface area contributed by atoms with Gasteiger partial charge in [-0.15, -0.1) is 0 Å². The van der Waals surface area contributed by atoms with Gasteiger partial charge in [-0.2, -0.15) is 0 Å². The molecule has 0 spiro atoms. The van der Waals surface area contributed by atoms with Crippen LogP contribution in [0.5, 0.6) is 0 Å². The Bertz CT molecular complexity index is 147. The molecule has 36 valence electrons. The fourth-order valence-corrected chi connectivity index (χ4v) is 0.757. The second kappa shape index (κ2) is 1.84. The van der Waals surface area contributed by atoms with Crippen LogP contribution in [0.2, 0.25) is 0 Å². The van der Waals surface area contributed by atoms with Crippen LogP contribution in [0.25, 0.3) is 0 Å². The molecule has 0 aliphatic carbocycles. The van der Waals surface area contributed by atoms with Crippen molar-refractivity contribution in [2.75, 3.05) is 0 Å². The van der Waals surface area contributed by atoms with E-state index in [2.05, 4.69) is 0 Å². The summed E-state index contributed by atoms with van der Waals surface area (Å²) in [5.74, 6) is 0. The van der Waals surface area contributed by atoms with Crippen molar-refractivity contribution in [3.8, 4) is 0 Å².